The van der Waals surface area contributed by atoms with Crippen molar-refractivity contribution < 1.29 is 4.74 Å². The molecule has 4 heteroatoms. The van der Waals surface area contributed by atoms with E-state index in [1.165, 1.54) is 11.1 Å². The third kappa shape index (κ3) is 2.82. The Morgan fingerprint density at radius 2 is 1.95 bits per heavy atom. The predicted molar refractivity (Wildman–Crippen MR) is 87.1 cm³/mol. The van der Waals surface area contributed by atoms with Gasteiger partial charge >= 0.3 is 0 Å². The van der Waals surface area contributed by atoms with Gasteiger partial charge in [0.2, 0.25) is 0 Å². The van der Waals surface area contributed by atoms with Gasteiger partial charge in [-0.25, -0.2) is 0 Å². The van der Waals surface area contributed by atoms with Crippen LogP contribution in [0.15, 0.2) is 42.5 Å². The average Bonchev–Trinajstić information content (AvgIpc) is 2.52. The number of nitrogens with one attached hydrogen (secondary N) is 1. The molecule has 0 aliphatic carbocycles. The third-order valence-electron chi connectivity index (χ3n) is 3.96. The molecule has 21 heavy (non-hydrogen) atoms. The first-order valence-electron chi connectivity index (χ1n) is 7.03. The van der Waals surface area contributed by atoms with Gasteiger partial charge in [-0.1, -0.05) is 59.6 Å². The molecule has 2 unspecified atom stereocenters. The molecule has 1 aliphatic rings. The summed E-state index contributed by atoms with van der Waals surface area (Å²) < 4.78 is 6.04. The lowest BCUT2D eigenvalue weighted by Crippen LogP contribution is -2.29. The molecule has 0 aromatic heterocycles. The van der Waals surface area contributed by atoms with Crippen molar-refractivity contribution in [3.63, 3.8) is 0 Å². The van der Waals surface area contributed by atoms with E-state index in [1.807, 2.05) is 25.2 Å². The quantitative estimate of drug-likeness (QED) is 0.894. The van der Waals surface area contributed by atoms with Crippen molar-refractivity contribution in [3.8, 4) is 0 Å². The summed E-state index contributed by atoms with van der Waals surface area (Å²) in [6.07, 6.45) is 0.891. The van der Waals surface area contributed by atoms with Crippen LogP contribution in [0.5, 0.6) is 0 Å². The Balaban J connectivity index is 2.04. The van der Waals surface area contributed by atoms with E-state index < -0.39 is 0 Å². The largest absolute Gasteiger partial charge is 0.371 e. The molecule has 2 nitrogen and oxygen atoms in total. The van der Waals surface area contributed by atoms with E-state index in [0.717, 1.165) is 18.6 Å². The van der Waals surface area contributed by atoms with Crippen molar-refractivity contribution in [1.82, 2.24) is 5.32 Å². The highest BCUT2D eigenvalue weighted by Gasteiger charge is 2.30. The highest BCUT2D eigenvalue weighted by molar-refractivity contribution is 6.42. The van der Waals surface area contributed by atoms with Crippen LogP contribution in [-0.2, 0) is 11.2 Å². The number of benzene rings is 2. The van der Waals surface area contributed by atoms with E-state index in [4.69, 9.17) is 27.9 Å². The van der Waals surface area contributed by atoms with Gasteiger partial charge in [0.1, 0.15) is 6.10 Å². The molecule has 2 atom stereocenters. The Bertz CT molecular complexity index is 644. The molecule has 0 amide bonds. The molecule has 1 N–H and O–H groups in total. The molecular formula is C17H17Cl2NO. The number of hydrogen-bond acceptors (Lipinski definition) is 2. The zero-order chi connectivity index (χ0) is 14.8. The minimum Gasteiger partial charge on any atom is -0.371 e. The van der Waals surface area contributed by atoms with Crippen LogP contribution in [0, 0.1) is 0 Å². The number of fused-ring (bicyclic) bond motifs is 1. The maximum absolute atomic E-state index is 6.39. The molecular weight excluding hydrogens is 305 g/mol. The Labute approximate surface area is 135 Å². The fourth-order valence-electron chi connectivity index (χ4n) is 2.93. The van der Waals surface area contributed by atoms with Gasteiger partial charge in [-0.15, -0.1) is 0 Å². The van der Waals surface area contributed by atoms with Crippen LogP contribution in [0.2, 0.25) is 10.0 Å². The van der Waals surface area contributed by atoms with Crippen LogP contribution in [0.3, 0.4) is 0 Å². The molecule has 2 aromatic carbocycles. The van der Waals surface area contributed by atoms with Gasteiger partial charge < -0.3 is 10.1 Å². The summed E-state index contributed by atoms with van der Waals surface area (Å²) in [5.41, 5.74) is 3.53. The number of rotatable bonds is 3. The summed E-state index contributed by atoms with van der Waals surface area (Å²) in [6.45, 7) is 0.720. The average molecular weight is 322 g/mol. The molecule has 0 fully saturated rings. The molecule has 1 aliphatic heterocycles. The summed E-state index contributed by atoms with van der Waals surface area (Å²) in [4.78, 5) is 0. The first kappa shape index (κ1) is 14.9. The standard InChI is InChI=1S/C17H17Cl2NO/c1-20-16(13-7-4-8-14(18)15(13)19)17-12-6-3-2-5-11(12)9-10-21-17/h2-8,16-17,20H,9-10H2,1H3. The fraction of sp³-hybridized carbons (Fsp3) is 0.294. The van der Waals surface area contributed by atoms with E-state index in [9.17, 15) is 0 Å². The highest BCUT2D eigenvalue weighted by atomic mass is 35.5. The van der Waals surface area contributed by atoms with Crippen LogP contribution >= 0.6 is 23.2 Å². The van der Waals surface area contributed by atoms with Crippen LogP contribution in [0.25, 0.3) is 0 Å². The van der Waals surface area contributed by atoms with E-state index in [-0.39, 0.29) is 12.1 Å². The van der Waals surface area contributed by atoms with E-state index >= 15 is 0 Å². The molecule has 0 saturated heterocycles. The number of likely N-dealkylation sites (N-methyl/N-ethyl adjacent to an activating group) is 1. The molecule has 110 valence electrons. The smallest absolute Gasteiger partial charge is 0.102 e. The van der Waals surface area contributed by atoms with Gasteiger partial charge in [0.25, 0.3) is 0 Å². The monoisotopic (exact) mass is 321 g/mol. The molecule has 0 saturated carbocycles. The SMILES string of the molecule is CNC(c1cccc(Cl)c1Cl)C1OCCc2ccccc21. The Kier molecular flexibility index (Phi) is 4.51. The molecule has 0 spiro atoms. The van der Waals surface area contributed by atoms with Crippen molar-refractivity contribution in [2.24, 2.45) is 0 Å². The molecule has 2 aromatic rings. The van der Waals surface area contributed by atoms with Crippen LogP contribution < -0.4 is 5.32 Å². The second-order valence-corrected chi connectivity index (χ2v) is 5.93. The van der Waals surface area contributed by atoms with Crippen molar-refractivity contribution in [1.29, 1.82) is 0 Å². The van der Waals surface area contributed by atoms with Gasteiger partial charge in [-0.05, 0) is 36.2 Å². The summed E-state index contributed by atoms with van der Waals surface area (Å²) in [7, 11) is 1.92. The van der Waals surface area contributed by atoms with Crippen molar-refractivity contribution in [2.75, 3.05) is 13.7 Å². The fourth-order valence-corrected chi connectivity index (χ4v) is 3.36. The molecule has 1 heterocycles. The van der Waals surface area contributed by atoms with Gasteiger partial charge in [0, 0.05) is 0 Å². The lowest BCUT2D eigenvalue weighted by Gasteiger charge is -2.33. The van der Waals surface area contributed by atoms with Crippen LogP contribution in [-0.4, -0.2) is 13.7 Å². The van der Waals surface area contributed by atoms with Crippen LogP contribution in [0.4, 0.5) is 0 Å². The second kappa shape index (κ2) is 6.37. The zero-order valence-corrected chi connectivity index (χ0v) is 13.3. The highest BCUT2D eigenvalue weighted by Crippen LogP contribution is 2.40. The lowest BCUT2D eigenvalue weighted by molar-refractivity contribution is 0.0166. The third-order valence-corrected chi connectivity index (χ3v) is 4.79. The van der Waals surface area contributed by atoms with Crippen LogP contribution in [0.1, 0.15) is 28.8 Å². The normalized spacial score (nSPS) is 19.1. The van der Waals surface area contributed by atoms with E-state index in [2.05, 4.69) is 23.5 Å². The zero-order valence-electron chi connectivity index (χ0n) is 11.8. The lowest BCUT2D eigenvalue weighted by atomic mass is 9.90. The minimum absolute atomic E-state index is 0.0300. The predicted octanol–water partition coefficient (Wildman–Crippen LogP) is 4.57. The van der Waals surface area contributed by atoms with Gasteiger partial charge in [0.15, 0.2) is 0 Å². The van der Waals surface area contributed by atoms with Gasteiger partial charge in [0.05, 0.1) is 22.7 Å². The second-order valence-electron chi connectivity index (χ2n) is 5.15. The van der Waals surface area contributed by atoms with Crippen molar-refractivity contribution >= 4 is 23.2 Å². The summed E-state index contributed by atoms with van der Waals surface area (Å²) in [5.74, 6) is 0. The summed E-state index contributed by atoms with van der Waals surface area (Å²) >= 11 is 12.5. The van der Waals surface area contributed by atoms with E-state index in [1.54, 1.807) is 6.07 Å². The van der Waals surface area contributed by atoms with Crippen molar-refractivity contribution in [3.05, 3.63) is 69.2 Å². The van der Waals surface area contributed by atoms with E-state index in [0.29, 0.717) is 10.0 Å². The first-order chi connectivity index (χ1) is 10.2. The van der Waals surface area contributed by atoms with Gasteiger partial charge in [-0.2, -0.15) is 0 Å². The van der Waals surface area contributed by atoms with Gasteiger partial charge in [-0.3, -0.25) is 0 Å². The molecule has 3 rings (SSSR count). The topological polar surface area (TPSA) is 21.3 Å². The molecule has 0 bridgehead atoms. The molecule has 0 radical (unpaired) electrons. The summed E-state index contributed by atoms with van der Waals surface area (Å²) in [6, 6.07) is 14.1. The van der Waals surface area contributed by atoms with Crippen molar-refractivity contribution in [2.45, 2.75) is 18.6 Å². The maximum atomic E-state index is 6.39. The number of ether oxygens (including phenoxy) is 1. The first-order valence-corrected chi connectivity index (χ1v) is 7.78. The Morgan fingerprint density at radius 1 is 1.14 bits per heavy atom. The Hall–Kier alpha value is -1.06. The minimum atomic E-state index is -0.0593. The summed E-state index contributed by atoms with van der Waals surface area (Å²) in [5, 5.41) is 4.49. The number of hydrogen-bond donors (Lipinski definition) is 1. The maximum Gasteiger partial charge on any atom is 0.102 e. The number of halogens is 2. The Morgan fingerprint density at radius 3 is 2.76 bits per heavy atom.